The largest absolute Gasteiger partial charge is 0.494 e. The second-order valence-electron chi connectivity index (χ2n) is 28.7. The molecular weight excluding hydrogens is 1270 g/mol. The lowest BCUT2D eigenvalue weighted by Crippen LogP contribution is -2.69. The van der Waals surface area contributed by atoms with Crippen molar-refractivity contribution in [2.75, 3.05) is 13.2 Å². The summed E-state index contributed by atoms with van der Waals surface area (Å²) in [5.41, 5.74) is 4.99. The molecule has 2 unspecified atom stereocenters. The Balaban J connectivity index is 0.726. The van der Waals surface area contributed by atoms with E-state index in [1.165, 1.54) is 153 Å². The maximum atomic E-state index is 13.0. The monoisotopic (exact) mass is 1380 g/mol. The van der Waals surface area contributed by atoms with Crippen LogP contribution in [0.25, 0.3) is 22.3 Å². The predicted octanol–water partition coefficient (Wildman–Crippen LogP) is 26.0. The first-order valence-electron chi connectivity index (χ1n) is 36.8. The van der Waals surface area contributed by atoms with E-state index in [2.05, 4.69) is 91.2 Å². The average molecular weight is 1390 g/mol. The summed E-state index contributed by atoms with van der Waals surface area (Å²) in [6.45, 7) is 26.7. The van der Waals surface area contributed by atoms with Crippen LogP contribution in [-0.2, 0) is 0 Å². The zero-order valence-electron chi connectivity index (χ0n) is 60.0. The van der Waals surface area contributed by atoms with Crippen LogP contribution in [0.1, 0.15) is 228 Å². The van der Waals surface area contributed by atoms with E-state index in [4.69, 9.17) is 51.6 Å². The molecule has 0 saturated heterocycles. The third-order valence-electron chi connectivity index (χ3n) is 20.2. The molecule has 0 fully saturated rings. The number of carbonyl (C=O) groups is 2. The maximum absolute atomic E-state index is 13.0. The number of unbranched alkanes of at least 4 members (excludes halogenated alkanes) is 22. The number of carbonyl (C=O) groups excluding carboxylic acids is 2. The van der Waals surface area contributed by atoms with Crippen molar-refractivity contribution in [3.05, 3.63) is 155 Å². The van der Waals surface area contributed by atoms with Gasteiger partial charge in [0, 0.05) is 22.3 Å². The Labute approximate surface area is 587 Å². The topological polar surface area (TPSA) is 89.5 Å². The highest BCUT2D eigenvalue weighted by molar-refractivity contribution is 7.68. The normalized spacial score (nSPS) is 12.5. The highest BCUT2D eigenvalue weighted by Gasteiger charge is 2.50. The van der Waals surface area contributed by atoms with E-state index in [1.54, 1.807) is 36.4 Å². The van der Waals surface area contributed by atoms with Gasteiger partial charge in [0.05, 0.1) is 46.6 Å². The van der Waals surface area contributed by atoms with Gasteiger partial charge in [0.15, 0.2) is 0 Å². The lowest BCUT2D eigenvalue weighted by molar-refractivity contribution is 0.0725. The molecule has 0 aromatic heterocycles. The summed E-state index contributed by atoms with van der Waals surface area (Å²) in [6.07, 6.45) is 35.4. The van der Waals surface area contributed by atoms with E-state index in [-0.39, 0.29) is 12.2 Å². The van der Waals surface area contributed by atoms with Gasteiger partial charge in [-0.2, -0.15) is 0 Å². The molecule has 0 heterocycles. The van der Waals surface area contributed by atoms with Crippen LogP contribution < -0.4 is 28.4 Å². The van der Waals surface area contributed by atoms with Crippen LogP contribution in [0, 0.1) is 0 Å². The number of benzene rings is 6. The Bertz CT molecular complexity index is 2920. The minimum Gasteiger partial charge on any atom is -0.494 e. The molecule has 0 amide bonds. The second-order valence-corrected chi connectivity index (χ2v) is 58.4. The van der Waals surface area contributed by atoms with Gasteiger partial charge in [0.1, 0.15) is 34.5 Å². The molecular formula is C82H118Cl2O8Si3. The van der Waals surface area contributed by atoms with E-state index in [9.17, 15) is 9.59 Å². The SMILES string of the molecule is CCCCCCC(C)Oc1ccc(C(=O)Oc2ccc(-c3ccc(OCCCCCCCCCCC[Si](C)(C)[Si](C)(C)[Si](C)(C)CCCCCCCCCCCOc4ccc(-c5ccc(OC(=O)c6ccc(OC(C)CCCCCC)c(Cl)c6)cc5)cc4)cc3)cc2)cc1Cl. The Kier molecular flexibility index (Phi) is 35.2. The van der Waals surface area contributed by atoms with Crippen LogP contribution in [0.4, 0.5) is 0 Å². The predicted molar refractivity (Wildman–Crippen MR) is 410 cm³/mol. The van der Waals surface area contributed by atoms with Gasteiger partial charge in [-0.3, -0.25) is 0 Å². The smallest absolute Gasteiger partial charge is 0.343 e. The fourth-order valence-electron chi connectivity index (χ4n) is 12.7. The molecule has 0 bridgehead atoms. The quantitative estimate of drug-likeness (QED) is 0.0162. The van der Waals surface area contributed by atoms with E-state index < -0.39 is 34.2 Å². The van der Waals surface area contributed by atoms with Crippen LogP contribution >= 0.6 is 23.2 Å². The van der Waals surface area contributed by atoms with Crippen molar-refractivity contribution in [3.63, 3.8) is 0 Å². The standard InChI is InChI=1S/C82H118Cl2O8Si3/c1-11-13-15-31-37-65(3)89-79-57-47-71(63-77(79)83)81(85)91-75-53-43-69(44-54-75)67-39-49-73(50-40-67)87-59-33-27-23-19-17-21-25-29-35-61-93(5,6)95(9,10)94(7,8)62-36-30-26-22-18-20-24-28-34-60-88-74-51-41-68(42-52-74)70-45-55-76(56-46-70)92-82(86)72-48-58-80(78(84)64-72)90-66(4)38-32-16-14-12-2/h39-58,63-66H,11-38,59-62H2,1-10H3. The zero-order chi connectivity index (χ0) is 68.3. The van der Waals surface area contributed by atoms with Crippen molar-refractivity contribution in [2.45, 2.75) is 271 Å². The summed E-state index contributed by atoms with van der Waals surface area (Å²) in [7, 11) is -3.73. The number of rotatable bonds is 48. The van der Waals surface area contributed by atoms with E-state index in [0.29, 0.717) is 44.2 Å². The maximum Gasteiger partial charge on any atom is 0.343 e. The second kappa shape index (κ2) is 42.5. The number of hydrogen-bond donors (Lipinski definition) is 0. The van der Waals surface area contributed by atoms with Crippen molar-refractivity contribution in [1.29, 1.82) is 0 Å². The minimum atomic E-state index is -1.25. The van der Waals surface area contributed by atoms with Crippen LogP contribution in [0.15, 0.2) is 133 Å². The fraction of sp³-hybridized carbons (Fsp3) is 0.537. The first kappa shape index (κ1) is 78.7. The Morgan fingerprint density at radius 3 is 0.947 bits per heavy atom. The van der Waals surface area contributed by atoms with E-state index in [0.717, 1.165) is 85.5 Å². The molecule has 0 N–H and O–H groups in total. The molecule has 6 aromatic rings. The minimum absolute atomic E-state index is 0.0557. The number of halogens is 2. The van der Waals surface area contributed by atoms with E-state index in [1.807, 2.05) is 72.8 Å². The average Bonchev–Trinajstić information content (AvgIpc) is 0.784. The van der Waals surface area contributed by atoms with Gasteiger partial charge in [-0.1, -0.05) is 278 Å². The fourth-order valence-corrected chi connectivity index (χ4v) is 47.5. The van der Waals surface area contributed by atoms with Crippen molar-refractivity contribution in [1.82, 2.24) is 0 Å². The summed E-state index contributed by atoms with van der Waals surface area (Å²) in [5.74, 6) is 2.99. The van der Waals surface area contributed by atoms with Crippen molar-refractivity contribution in [3.8, 4) is 56.8 Å². The lowest BCUT2D eigenvalue weighted by Gasteiger charge is -2.49. The molecule has 0 aliphatic heterocycles. The zero-order valence-corrected chi connectivity index (χ0v) is 64.5. The van der Waals surface area contributed by atoms with Gasteiger partial charge in [0.2, 0.25) is 0 Å². The Morgan fingerprint density at radius 2 is 0.642 bits per heavy atom. The summed E-state index contributed by atoms with van der Waals surface area (Å²) < 4.78 is 35.7. The summed E-state index contributed by atoms with van der Waals surface area (Å²) >= 11 is 13.0. The first-order chi connectivity index (χ1) is 45.8. The Hall–Kier alpha value is -5.31. The van der Waals surface area contributed by atoms with E-state index >= 15 is 0 Å². The highest BCUT2D eigenvalue weighted by atomic mass is 35.5. The molecule has 2 atom stereocenters. The molecule has 13 heteroatoms. The molecule has 520 valence electrons. The van der Waals surface area contributed by atoms with Crippen LogP contribution in [0.2, 0.25) is 61.4 Å². The molecule has 0 aliphatic rings. The van der Waals surface area contributed by atoms with Crippen molar-refractivity contribution >= 4 is 57.4 Å². The van der Waals surface area contributed by atoms with Crippen LogP contribution in [-0.4, -0.2) is 59.7 Å². The van der Waals surface area contributed by atoms with Crippen molar-refractivity contribution < 1.29 is 38.0 Å². The van der Waals surface area contributed by atoms with Crippen molar-refractivity contribution in [2.24, 2.45) is 0 Å². The number of ether oxygens (including phenoxy) is 6. The molecule has 0 saturated carbocycles. The van der Waals surface area contributed by atoms with Gasteiger partial charge in [-0.25, -0.2) is 9.59 Å². The molecule has 6 aromatic carbocycles. The summed E-state index contributed by atoms with van der Waals surface area (Å²) in [6, 6.07) is 44.8. The molecule has 6 rings (SSSR count). The third kappa shape index (κ3) is 27.9. The van der Waals surface area contributed by atoms with Gasteiger partial charge < -0.3 is 28.4 Å². The number of hydrogen-bond acceptors (Lipinski definition) is 8. The van der Waals surface area contributed by atoms with Crippen LogP contribution in [0.5, 0.6) is 34.5 Å². The third-order valence-corrected chi connectivity index (χ3v) is 64.8. The van der Waals surface area contributed by atoms with Gasteiger partial charge in [-0.15, -0.1) is 0 Å². The number of esters is 2. The summed E-state index contributed by atoms with van der Waals surface area (Å²) in [5, 5.41) is 0.810. The molecule has 95 heavy (non-hydrogen) atoms. The molecule has 0 spiro atoms. The van der Waals surface area contributed by atoms with Gasteiger partial charge >= 0.3 is 11.9 Å². The van der Waals surface area contributed by atoms with Gasteiger partial charge in [-0.05, 0) is 160 Å². The summed E-state index contributed by atoms with van der Waals surface area (Å²) in [4.78, 5) is 25.9. The molecule has 0 radical (unpaired) electrons. The Morgan fingerprint density at radius 1 is 0.358 bits per heavy atom. The molecule has 8 nitrogen and oxygen atoms in total. The lowest BCUT2D eigenvalue weighted by atomic mass is 10.1. The van der Waals surface area contributed by atoms with Gasteiger partial charge in [0.25, 0.3) is 0 Å². The molecule has 0 aliphatic carbocycles. The highest BCUT2D eigenvalue weighted by Crippen LogP contribution is 2.37. The first-order valence-corrected chi connectivity index (χ1v) is 49.0. The van der Waals surface area contributed by atoms with Crippen LogP contribution in [0.3, 0.4) is 0 Å².